The molecule has 0 unspecified atom stereocenters. The zero-order valence-corrected chi connectivity index (χ0v) is 30.9. The maximum absolute atomic E-state index is 9.55. The van der Waals surface area contributed by atoms with E-state index in [2.05, 4.69) is 41.5 Å². The summed E-state index contributed by atoms with van der Waals surface area (Å²) >= 11 is 0. The fraction of sp³-hybridized carbons (Fsp3) is 0.636. The first-order valence-electron chi connectivity index (χ1n) is 14.8. The number of benzene rings is 2. The summed E-state index contributed by atoms with van der Waals surface area (Å²) in [6.45, 7) is 23.0. The molecule has 0 saturated carbocycles. The van der Waals surface area contributed by atoms with Crippen molar-refractivity contribution >= 4 is 26.5 Å². The van der Waals surface area contributed by atoms with Gasteiger partial charge in [-0.05, 0) is 44.9 Å². The van der Waals surface area contributed by atoms with Gasteiger partial charge in [-0.3, -0.25) is 0 Å². The summed E-state index contributed by atoms with van der Waals surface area (Å²) in [5.41, 5.74) is 2.16. The van der Waals surface area contributed by atoms with Gasteiger partial charge in [-0.25, -0.2) is 0 Å². The van der Waals surface area contributed by atoms with E-state index in [-0.39, 0.29) is 32.3 Å². The van der Waals surface area contributed by atoms with Crippen LogP contribution in [0.5, 0.6) is 0 Å². The van der Waals surface area contributed by atoms with Crippen LogP contribution in [0.4, 0.5) is 0 Å². The van der Waals surface area contributed by atoms with Crippen LogP contribution >= 0.6 is 15.9 Å². The number of hydrogen-bond acceptors (Lipinski definition) is 10. The lowest BCUT2D eigenvalue weighted by atomic mass is 9.81. The third-order valence-electron chi connectivity index (χ3n) is 7.33. The lowest BCUT2D eigenvalue weighted by Crippen LogP contribution is -2.37. The molecule has 0 aliphatic carbocycles. The topological polar surface area (TPSA) is 202 Å². The highest BCUT2D eigenvalue weighted by Crippen LogP contribution is 2.47. The third kappa shape index (κ3) is 13.5. The maximum atomic E-state index is 9.55. The Hall–Kier alpha value is -1.10. The van der Waals surface area contributed by atoms with Crippen LogP contribution < -0.4 is 10.6 Å². The Labute approximate surface area is 271 Å². The molecule has 0 fully saturated rings. The Morgan fingerprint density at radius 1 is 0.422 bits per heavy atom. The van der Waals surface area contributed by atoms with E-state index in [0.717, 1.165) is 22.3 Å². The predicted octanol–water partition coefficient (Wildman–Crippen LogP) is 3.23. The monoisotopic (exact) mass is 678 g/mol. The van der Waals surface area contributed by atoms with Crippen molar-refractivity contribution in [2.75, 3.05) is 26.4 Å². The summed E-state index contributed by atoms with van der Waals surface area (Å²) in [4.78, 5) is 57.3. The lowest BCUT2D eigenvalue weighted by molar-refractivity contribution is -0.0328. The third-order valence-corrected chi connectivity index (χ3v) is 9.40. The van der Waals surface area contributed by atoms with Crippen molar-refractivity contribution < 1.29 is 49.8 Å². The van der Waals surface area contributed by atoms with Crippen LogP contribution in [0.1, 0.15) is 105 Å². The first kappa shape index (κ1) is 43.9. The van der Waals surface area contributed by atoms with Gasteiger partial charge in [0.1, 0.15) is 0 Å². The first-order chi connectivity index (χ1) is 19.9. The average molecular weight is 679 g/mol. The van der Waals surface area contributed by atoms with Crippen molar-refractivity contribution in [3.8, 4) is 0 Å². The fourth-order valence-electron chi connectivity index (χ4n) is 4.03. The standard InChI is InChI=1S/2C14H24O3P.C5H12O4/c2*1-13(2,3)10-7-8-12(18(15,16)17)11(9-10)14(4,5)6;6-1-5(2-7,3-8)4-9/h2*7-9,15-17H,1-6H3;6-9H,1-4H2/q2*+1;. The Kier molecular flexibility index (Phi) is 15.5. The summed E-state index contributed by atoms with van der Waals surface area (Å²) in [6.07, 6.45) is 0. The minimum atomic E-state index is -3.97. The molecule has 0 heterocycles. The minimum absolute atomic E-state index is 0.0139. The normalized spacial score (nSPS) is 13.5. The van der Waals surface area contributed by atoms with E-state index in [1.165, 1.54) is 0 Å². The second-order valence-corrected chi connectivity index (χ2v) is 19.0. The van der Waals surface area contributed by atoms with E-state index in [0.29, 0.717) is 0 Å². The van der Waals surface area contributed by atoms with Gasteiger partial charge in [0.15, 0.2) is 10.6 Å². The molecule has 0 aliphatic rings. The van der Waals surface area contributed by atoms with Gasteiger partial charge in [-0.2, -0.15) is 29.4 Å². The van der Waals surface area contributed by atoms with E-state index in [4.69, 9.17) is 20.4 Å². The van der Waals surface area contributed by atoms with Gasteiger partial charge >= 0.3 is 15.9 Å². The van der Waals surface area contributed by atoms with Crippen molar-refractivity contribution in [2.24, 2.45) is 5.41 Å². The molecular weight excluding hydrogens is 618 g/mol. The molecule has 2 rings (SSSR count). The minimum Gasteiger partial charge on any atom is -0.396 e. The Bertz CT molecular complexity index is 1100. The number of aliphatic hydroxyl groups excluding tert-OH is 4. The van der Waals surface area contributed by atoms with Gasteiger partial charge in [0.2, 0.25) is 0 Å². The molecule has 45 heavy (non-hydrogen) atoms. The van der Waals surface area contributed by atoms with Crippen LogP contribution in [0.25, 0.3) is 0 Å². The quantitative estimate of drug-likeness (QED) is 0.202. The van der Waals surface area contributed by atoms with Crippen molar-refractivity contribution in [3.05, 3.63) is 58.7 Å². The van der Waals surface area contributed by atoms with E-state index in [1.807, 2.05) is 65.8 Å². The molecule has 10 nitrogen and oxygen atoms in total. The second-order valence-electron chi connectivity index (χ2n) is 15.7. The van der Waals surface area contributed by atoms with Crippen molar-refractivity contribution in [2.45, 2.75) is 105 Å². The lowest BCUT2D eigenvalue weighted by Gasteiger charge is -2.26. The summed E-state index contributed by atoms with van der Waals surface area (Å²) in [6, 6.07) is 10.9. The molecule has 0 atom stereocenters. The molecule has 260 valence electrons. The van der Waals surface area contributed by atoms with Gasteiger partial charge in [0.05, 0.1) is 31.8 Å². The summed E-state index contributed by atoms with van der Waals surface area (Å²) in [5, 5.41) is 34.5. The molecule has 10 N–H and O–H groups in total. The molecule has 0 aliphatic heterocycles. The highest BCUT2D eigenvalue weighted by molar-refractivity contribution is 7.67. The number of aliphatic hydroxyl groups is 4. The highest BCUT2D eigenvalue weighted by atomic mass is 31.2. The second kappa shape index (κ2) is 15.9. The smallest absolute Gasteiger partial charge is 0.396 e. The van der Waals surface area contributed by atoms with E-state index in [1.54, 1.807) is 12.1 Å². The Morgan fingerprint density at radius 3 is 0.800 bits per heavy atom. The molecule has 0 amide bonds. The van der Waals surface area contributed by atoms with E-state index < -0.39 is 47.7 Å². The van der Waals surface area contributed by atoms with Gasteiger partial charge in [0, 0.05) is 11.1 Å². The summed E-state index contributed by atoms with van der Waals surface area (Å²) < 4.78 is 0. The van der Waals surface area contributed by atoms with Crippen LogP contribution in [-0.4, -0.2) is 76.2 Å². The highest BCUT2D eigenvalue weighted by Gasteiger charge is 2.41. The SMILES string of the molecule is CC(C)(C)c1ccc([P+](O)(O)O)c(C(C)(C)C)c1.CC(C)(C)c1ccc([P+](O)(O)O)c(C(C)(C)C)c1.OCC(CO)(CO)CO. The molecule has 0 bridgehead atoms. The van der Waals surface area contributed by atoms with Crippen LogP contribution in [-0.2, 0) is 21.7 Å². The van der Waals surface area contributed by atoms with Crippen LogP contribution in [0.15, 0.2) is 36.4 Å². The Morgan fingerprint density at radius 2 is 0.667 bits per heavy atom. The fourth-order valence-corrected chi connectivity index (χ4v) is 6.03. The molecule has 2 aromatic carbocycles. The molecule has 12 heteroatoms. The van der Waals surface area contributed by atoms with E-state index in [9.17, 15) is 29.4 Å². The van der Waals surface area contributed by atoms with Gasteiger partial charge < -0.3 is 20.4 Å². The van der Waals surface area contributed by atoms with Crippen LogP contribution in [0, 0.1) is 5.41 Å². The molecule has 0 aromatic heterocycles. The predicted molar refractivity (Wildman–Crippen MR) is 185 cm³/mol. The van der Waals surface area contributed by atoms with Gasteiger partial charge in [-0.15, -0.1) is 0 Å². The van der Waals surface area contributed by atoms with E-state index >= 15 is 0 Å². The van der Waals surface area contributed by atoms with Crippen molar-refractivity contribution in [1.82, 2.24) is 0 Å². The first-order valence-corrected chi connectivity index (χ1v) is 18.1. The Balaban J connectivity index is 0.000000684. The molecular formula is C33H60O10P2+2. The van der Waals surface area contributed by atoms with Gasteiger partial charge in [0.25, 0.3) is 0 Å². The molecule has 0 radical (unpaired) electrons. The van der Waals surface area contributed by atoms with Crippen molar-refractivity contribution in [1.29, 1.82) is 0 Å². The number of hydrogen-bond donors (Lipinski definition) is 10. The zero-order valence-electron chi connectivity index (χ0n) is 29.2. The van der Waals surface area contributed by atoms with Gasteiger partial charge in [-0.1, -0.05) is 107 Å². The zero-order chi connectivity index (χ0) is 36.0. The van der Waals surface area contributed by atoms with Crippen molar-refractivity contribution in [3.63, 3.8) is 0 Å². The van der Waals surface area contributed by atoms with Crippen LogP contribution in [0.2, 0.25) is 0 Å². The summed E-state index contributed by atoms with van der Waals surface area (Å²) in [5.74, 6) is 0. The number of rotatable bonds is 6. The average Bonchev–Trinajstić information content (AvgIpc) is 2.87. The molecule has 0 saturated heterocycles. The molecule has 2 aromatic rings. The summed E-state index contributed by atoms with van der Waals surface area (Å²) in [7, 11) is -7.95. The molecule has 0 spiro atoms. The largest absolute Gasteiger partial charge is 0.441 e. The van der Waals surface area contributed by atoms with Crippen LogP contribution in [0.3, 0.4) is 0 Å². The maximum Gasteiger partial charge on any atom is 0.441 e.